The number of benzene rings is 1. The average Bonchev–Trinajstić information content (AvgIpc) is 2.51. The van der Waals surface area contributed by atoms with E-state index >= 15 is 0 Å². The molecule has 0 bridgehead atoms. The number of likely N-dealkylation sites (tertiary alicyclic amines) is 2. The minimum Gasteiger partial charge on any atom is -0.399 e. The summed E-state index contributed by atoms with van der Waals surface area (Å²) in [5, 5.41) is 0. The van der Waals surface area contributed by atoms with Gasteiger partial charge in [0.15, 0.2) is 0 Å². The van der Waals surface area contributed by atoms with Gasteiger partial charge in [-0.2, -0.15) is 0 Å². The van der Waals surface area contributed by atoms with Gasteiger partial charge < -0.3 is 10.6 Å². The summed E-state index contributed by atoms with van der Waals surface area (Å²) in [4.78, 5) is 5.33. The van der Waals surface area contributed by atoms with E-state index in [1.807, 2.05) is 12.1 Å². The molecule has 110 valence electrons. The molecule has 0 amide bonds. The molecular weight excluding hydrogens is 246 g/mol. The van der Waals surface area contributed by atoms with Gasteiger partial charge in [0.25, 0.3) is 0 Å². The molecule has 1 aromatic rings. The summed E-state index contributed by atoms with van der Waals surface area (Å²) in [5.74, 6) is 0. The Morgan fingerprint density at radius 2 is 1.55 bits per heavy atom. The molecule has 3 rings (SSSR count). The molecular formula is C17H27N3. The van der Waals surface area contributed by atoms with Crippen molar-refractivity contribution in [1.82, 2.24) is 9.80 Å². The van der Waals surface area contributed by atoms with Crippen molar-refractivity contribution >= 4 is 5.69 Å². The van der Waals surface area contributed by atoms with Crippen LogP contribution in [0.2, 0.25) is 0 Å². The first-order valence-electron chi connectivity index (χ1n) is 8.12. The summed E-state index contributed by atoms with van der Waals surface area (Å²) in [6.07, 6.45) is 6.94. The van der Waals surface area contributed by atoms with Crippen molar-refractivity contribution < 1.29 is 0 Å². The molecule has 0 aliphatic carbocycles. The third-order valence-electron chi connectivity index (χ3n) is 4.85. The van der Waals surface area contributed by atoms with Crippen LogP contribution in [-0.2, 0) is 6.54 Å². The van der Waals surface area contributed by atoms with Crippen molar-refractivity contribution in [3.63, 3.8) is 0 Å². The number of anilines is 1. The van der Waals surface area contributed by atoms with Gasteiger partial charge in [-0.1, -0.05) is 18.6 Å². The zero-order valence-corrected chi connectivity index (χ0v) is 12.4. The van der Waals surface area contributed by atoms with Gasteiger partial charge in [-0.3, -0.25) is 4.90 Å². The highest BCUT2D eigenvalue weighted by molar-refractivity contribution is 5.39. The van der Waals surface area contributed by atoms with Crippen molar-refractivity contribution in [3.8, 4) is 0 Å². The second kappa shape index (κ2) is 6.59. The van der Waals surface area contributed by atoms with Gasteiger partial charge in [-0.05, 0) is 69.6 Å². The molecule has 1 aromatic carbocycles. The van der Waals surface area contributed by atoms with Gasteiger partial charge in [-0.25, -0.2) is 0 Å². The van der Waals surface area contributed by atoms with Gasteiger partial charge in [0.05, 0.1) is 0 Å². The number of rotatable bonds is 3. The number of nitrogen functional groups attached to an aromatic ring is 1. The minimum atomic E-state index is 0.845. The number of hydrogen-bond acceptors (Lipinski definition) is 3. The van der Waals surface area contributed by atoms with E-state index in [-0.39, 0.29) is 0 Å². The van der Waals surface area contributed by atoms with Crippen LogP contribution in [0, 0.1) is 0 Å². The highest BCUT2D eigenvalue weighted by Crippen LogP contribution is 2.22. The van der Waals surface area contributed by atoms with Gasteiger partial charge >= 0.3 is 0 Å². The zero-order chi connectivity index (χ0) is 13.8. The van der Waals surface area contributed by atoms with Crippen molar-refractivity contribution in [2.75, 3.05) is 31.9 Å². The van der Waals surface area contributed by atoms with E-state index in [0.29, 0.717) is 0 Å². The summed E-state index contributed by atoms with van der Waals surface area (Å²) < 4.78 is 0. The fourth-order valence-electron chi connectivity index (χ4n) is 3.61. The largest absolute Gasteiger partial charge is 0.399 e. The molecule has 0 aromatic heterocycles. The van der Waals surface area contributed by atoms with E-state index in [2.05, 4.69) is 21.9 Å². The molecule has 0 atom stereocenters. The van der Waals surface area contributed by atoms with E-state index in [9.17, 15) is 0 Å². The van der Waals surface area contributed by atoms with Gasteiger partial charge in [0.1, 0.15) is 0 Å². The summed E-state index contributed by atoms with van der Waals surface area (Å²) in [7, 11) is 0. The van der Waals surface area contributed by atoms with Crippen LogP contribution in [0.1, 0.15) is 37.7 Å². The molecule has 0 spiro atoms. The molecule has 2 aliphatic heterocycles. The number of hydrogen-bond donors (Lipinski definition) is 1. The van der Waals surface area contributed by atoms with Gasteiger partial charge in [0.2, 0.25) is 0 Å². The van der Waals surface area contributed by atoms with Crippen molar-refractivity contribution in [1.29, 1.82) is 0 Å². The molecule has 0 saturated carbocycles. The van der Waals surface area contributed by atoms with E-state index in [4.69, 9.17) is 5.73 Å². The first kappa shape index (κ1) is 13.9. The average molecular weight is 273 g/mol. The molecule has 20 heavy (non-hydrogen) atoms. The summed E-state index contributed by atoms with van der Waals surface area (Å²) in [6.45, 7) is 6.23. The Labute approximate surface area is 122 Å². The number of nitrogens with zero attached hydrogens (tertiary/aromatic N) is 2. The van der Waals surface area contributed by atoms with Crippen LogP contribution in [0.15, 0.2) is 24.3 Å². The number of nitrogens with two attached hydrogens (primary N) is 1. The van der Waals surface area contributed by atoms with E-state index in [0.717, 1.165) is 18.3 Å². The predicted molar refractivity (Wildman–Crippen MR) is 84.6 cm³/mol. The molecule has 0 unspecified atom stereocenters. The Kier molecular flexibility index (Phi) is 4.58. The zero-order valence-electron chi connectivity index (χ0n) is 12.4. The van der Waals surface area contributed by atoms with Crippen LogP contribution in [0.25, 0.3) is 0 Å². The van der Waals surface area contributed by atoms with Crippen LogP contribution in [-0.4, -0.2) is 42.0 Å². The van der Waals surface area contributed by atoms with Gasteiger partial charge in [-0.15, -0.1) is 0 Å². The Hall–Kier alpha value is -1.06. The van der Waals surface area contributed by atoms with E-state index in [1.54, 1.807) is 0 Å². The maximum atomic E-state index is 5.74. The van der Waals surface area contributed by atoms with Crippen LogP contribution < -0.4 is 5.73 Å². The lowest BCUT2D eigenvalue weighted by Gasteiger charge is -2.40. The Bertz CT molecular complexity index is 401. The van der Waals surface area contributed by atoms with Gasteiger partial charge in [0, 0.05) is 18.3 Å². The second-order valence-corrected chi connectivity index (χ2v) is 6.35. The summed E-state index contributed by atoms with van der Waals surface area (Å²) in [5.41, 5.74) is 7.99. The van der Waals surface area contributed by atoms with Crippen molar-refractivity contribution in [2.24, 2.45) is 0 Å². The lowest BCUT2D eigenvalue weighted by molar-refractivity contribution is 0.0896. The fourth-order valence-corrected chi connectivity index (χ4v) is 3.61. The maximum Gasteiger partial charge on any atom is 0.0314 e. The molecule has 2 heterocycles. The minimum absolute atomic E-state index is 0.845. The highest BCUT2D eigenvalue weighted by atomic mass is 15.2. The molecule has 2 fully saturated rings. The summed E-state index contributed by atoms with van der Waals surface area (Å²) in [6, 6.07) is 9.18. The third-order valence-corrected chi connectivity index (χ3v) is 4.85. The maximum absolute atomic E-state index is 5.74. The smallest absolute Gasteiger partial charge is 0.0314 e. The van der Waals surface area contributed by atoms with Crippen LogP contribution in [0.3, 0.4) is 0 Å². The molecule has 0 radical (unpaired) electrons. The van der Waals surface area contributed by atoms with Crippen LogP contribution >= 0.6 is 0 Å². The normalized spacial score (nSPS) is 23.0. The molecule has 3 heteroatoms. The topological polar surface area (TPSA) is 32.5 Å². The van der Waals surface area contributed by atoms with Crippen molar-refractivity contribution in [2.45, 2.75) is 44.7 Å². The molecule has 2 aliphatic rings. The Morgan fingerprint density at radius 1 is 0.900 bits per heavy atom. The number of piperidine rings is 2. The lowest BCUT2D eigenvalue weighted by atomic mass is 9.99. The van der Waals surface area contributed by atoms with Crippen molar-refractivity contribution in [3.05, 3.63) is 29.8 Å². The van der Waals surface area contributed by atoms with E-state index in [1.165, 1.54) is 63.8 Å². The fraction of sp³-hybridized carbons (Fsp3) is 0.647. The standard InChI is InChI=1S/C17H27N3/c18-16-6-4-15(5-7-16)14-19-12-8-17(9-13-19)20-10-2-1-3-11-20/h4-7,17H,1-3,8-14,18H2. The van der Waals surface area contributed by atoms with Crippen LogP contribution in [0.4, 0.5) is 5.69 Å². The lowest BCUT2D eigenvalue weighted by Crippen LogP contribution is -2.46. The first-order chi connectivity index (χ1) is 9.81. The quantitative estimate of drug-likeness (QED) is 0.860. The highest BCUT2D eigenvalue weighted by Gasteiger charge is 2.25. The first-order valence-corrected chi connectivity index (χ1v) is 8.12. The monoisotopic (exact) mass is 273 g/mol. The SMILES string of the molecule is Nc1ccc(CN2CCC(N3CCCCC3)CC2)cc1. The Morgan fingerprint density at radius 3 is 2.20 bits per heavy atom. The predicted octanol–water partition coefficient (Wildman–Crippen LogP) is 2.72. The van der Waals surface area contributed by atoms with Crippen LogP contribution in [0.5, 0.6) is 0 Å². The molecule has 2 N–H and O–H groups in total. The Balaban J connectivity index is 1.47. The third kappa shape index (κ3) is 3.53. The molecule has 2 saturated heterocycles. The second-order valence-electron chi connectivity index (χ2n) is 6.35. The van der Waals surface area contributed by atoms with E-state index < -0.39 is 0 Å². The molecule has 3 nitrogen and oxygen atoms in total. The summed E-state index contributed by atoms with van der Waals surface area (Å²) >= 11 is 0.